The van der Waals surface area contributed by atoms with Crippen LogP contribution in [-0.4, -0.2) is 19.7 Å². The largest absolute Gasteiger partial charge is 0.497 e. The van der Waals surface area contributed by atoms with Crippen LogP contribution in [0.15, 0.2) is 36.4 Å². The molecule has 0 heterocycles. The smallest absolute Gasteiger partial charge is 0.315 e. The van der Waals surface area contributed by atoms with Crippen LogP contribution in [0.25, 0.3) is 0 Å². The summed E-state index contributed by atoms with van der Waals surface area (Å²) in [5.41, 5.74) is 2.20. The quantitative estimate of drug-likeness (QED) is 0.565. The van der Waals surface area contributed by atoms with Crippen molar-refractivity contribution in [3.05, 3.63) is 42.0 Å². The van der Waals surface area contributed by atoms with E-state index in [1.807, 2.05) is 31.2 Å². The summed E-state index contributed by atoms with van der Waals surface area (Å²) in [6.45, 7) is 7.06. The summed E-state index contributed by atoms with van der Waals surface area (Å²) in [6.07, 6.45) is 3.05. The third kappa shape index (κ3) is 6.83. The number of hydrogen-bond acceptors (Lipinski definition) is 2. The van der Waals surface area contributed by atoms with Crippen LogP contribution in [0.2, 0.25) is 0 Å². The van der Waals surface area contributed by atoms with Gasteiger partial charge in [-0.2, -0.15) is 0 Å². The second-order valence-corrected chi connectivity index (χ2v) is 4.88. The fourth-order valence-corrected chi connectivity index (χ4v) is 1.78. The molecule has 0 bridgehead atoms. The average molecular weight is 276 g/mol. The lowest BCUT2D eigenvalue weighted by atomic mass is 10.1. The maximum Gasteiger partial charge on any atom is 0.315 e. The van der Waals surface area contributed by atoms with Gasteiger partial charge in [0.15, 0.2) is 0 Å². The topological polar surface area (TPSA) is 50.4 Å². The minimum Gasteiger partial charge on any atom is -0.497 e. The van der Waals surface area contributed by atoms with Gasteiger partial charge >= 0.3 is 6.03 Å². The van der Waals surface area contributed by atoms with Gasteiger partial charge in [0.25, 0.3) is 0 Å². The van der Waals surface area contributed by atoms with E-state index < -0.39 is 0 Å². The number of allylic oxidation sites excluding steroid dienone is 1. The van der Waals surface area contributed by atoms with Crippen molar-refractivity contribution in [2.24, 2.45) is 0 Å². The molecular formula is C16H24N2O2. The number of carbonyl (C=O) groups excluding carboxylic acids is 1. The van der Waals surface area contributed by atoms with Gasteiger partial charge < -0.3 is 15.4 Å². The van der Waals surface area contributed by atoms with Crippen LogP contribution >= 0.6 is 0 Å². The average Bonchev–Trinajstić information content (AvgIpc) is 2.44. The zero-order valence-corrected chi connectivity index (χ0v) is 12.4. The van der Waals surface area contributed by atoms with E-state index in [1.165, 1.54) is 5.57 Å². The molecule has 0 saturated heterocycles. The summed E-state index contributed by atoms with van der Waals surface area (Å²) in [5.74, 6) is 0.796. The number of urea groups is 1. The van der Waals surface area contributed by atoms with Crippen LogP contribution in [0.4, 0.5) is 4.79 Å². The number of hydrogen-bond donors (Lipinski definition) is 2. The van der Waals surface area contributed by atoms with E-state index in [0.29, 0.717) is 13.1 Å². The number of unbranched alkanes of at least 4 members (excludes halogenated alkanes) is 1. The van der Waals surface area contributed by atoms with Crippen molar-refractivity contribution in [2.75, 3.05) is 13.7 Å². The van der Waals surface area contributed by atoms with Gasteiger partial charge in [0.05, 0.1) is 7.11 Å². The van der Waals surface area contributed by atoms with Gasteiger partial charge in [0.2, 0.25) is 0 Å². The Morgan fingerprint density at radius 3 is 2.80 bits per heavy atom. The lowest BCUT2D eigenvalue weighted by molar-refractivity contribution is 0.240. The summed E-state index contributed by atoms with van der Waals surface area (Å²) in [5, 5.41) is 5.67. The number of rotatable bonds is 8. The van der Waals surface area contributed by atoms with E-state index >= 15 is 0 Å². The van der Waals surface area contributed by atoms with Gasteiger partial charge in [-0.15, -0.1) is 6.58 Å². The Morgan fingerprint density at radius 1 is 1.30 bits per heavy atom. The molecule has 0 saturated carbocycles. The maximum atomic E-state index is 11.6. The van der Waals surface area contributed by atoms with Gasteiger partial charge in [0, 0.05) is 13.1 Å². The van der Waals surface area contributed by atoms with Crippen molar-refractivity contribution in [3.63, 3.8) is 0 Å². The third-order valence-corrected chi connectivity index (χ3v) is 2.90. The van der Waals surface area contributed by atoms with Gasteiger partial charge in [0.1, 0.15) is 5.75 Å². The number of methoxy groups -OCH3 is 1. The predicted octanol–water partition coefficient (Wildman–Crippen LogP) is 3.24. The molecule has 0 aliphatic carbocycles. The first-order valence-corrected chi connectivity index (χ1v) is 6.91. The fourth-order valence-electron chi connectivity index (χ4n) is 1.78. The highest BCUT2D eigenvalue weighted by Gasteiger charge is 2.01. The molecule has 1 rings (SSSR count). The molecule has 1 aromatic rings. The van der Waals surface area contributed by atoms with E-state index in [9.17, 15) is 4.79 Å². The molecule has 0 aliphatic rings. The molecule has 2 N–H and O–H groups in total. The molecule has 0 unspecified atom stereocenters. The van der Waals surface area contributed by atoms with E-state index in [2.05, 4.69) is 17.2 Å². The first kappa shape index (κ1) is 16.1. The predicted molar refractivity (Wildman–Crippen MR) is 81.9 cm³/mol. The normalized spacial score (nSPS) is 9.90. The molecule has 2 amide bonds. The van der Waals surface area contributed by atoms with Crippen molar-refractivity contribution in [1.82, 2.24) is 10.6 Å². The highest BCUT2D eigenvalue weighted by Crippen LogP contribution is 2.11. The Balaban J connectivity index is 2.17. The van der Waals surface area contributed by atoms with E-state index in [4.69, 9.17) is 4.74 Å². The van der Waals surface area contributed by atoms with Gasteiger partial charge in [-0.3, -0.25) is 0 Å². The summed E-state index contributed by atoms with van der Waals surface area (Å²) in [4.78, 5) is 11.6. The molecule has 110 valence electrons. The van der Waals surface area contributed by atoms with Crippen LogP contribution in [0.5, 0.6) is 5.75 Å². The summed E-state index contributed by atoms with van der Waals surface area (Å²) in [6, 6.07) is 7.52. The summed E-state index contributed by atoms with van der Waals surface area (Å²) >= 11 is 0. The number of ether oxygens (including phenoxy) is 1. The van der Waals surface area contributed by atoms with Crippen molar-refractivity contribution in [2.45, 2.75) is 32.7 Å². The van der Waals surface area contributed by atoms with Crippen molar-refractivity contribution in [1.29, 1.82) is 0 Å². The molecule has 0 atom stereocenters. The van der Waals surface area contributed by atoms with Crippen molar-refractivity contribution < 1.29 is 9.53 Å². The van der Waals surface area contributed by atoms with Crippen LogP contribution in [0, 0.1) is 0 Å². The molecule has 20 heavy (non-hydrogen) atoms. The second kappa shape index (κ2) is 9.02. The van der Waals surface area contributed by atoms with Gasteiger partial charge in [-0.1, -0.05) is 17.7 Å². The monoisotopic (exact) mass is 276 g/mol. The molecule has 1 aromatic carbocycles. The Hall–Kier alpha value is -1.97. The highest BCUT2D eigenvalue weighted by molar-refractivity contribution is 5.73. The van der Waals surface area contributed by atoms with Crippen LogP contribution in [0.3, 0.4) is 0 Å². The number of benzene rings is 1. The zero-order chi connectivity index (χ0) is 14.8. The van der Waals surface area contributed by atoms with Crippen LogP contribution < -0.4 is 15.4 Å². The van der Waals surface area contributed by atoms with Crippen molar-refractivity contribution in [3.8, 4) is 5.75 Å². The van der Waals surface area contributed by atoms with Crippen LogP contribution in [0.1, 0.15) is 31.7 Å². The Bertz CT molecular complexity index is 444. The lowest BCUT2D eigenvalue weighted by Gasteiger charge is -2.08. The second-order valence-electron chi connectivity index (χ2n) is 4.88. The first-order chi connectivity index (χ1) is 9.61. The van der Waals surface area contributed by atoms with Gasteiger partial charge in [-0.05, 0) is 43.9 Å². The van der Waals surface area contributed by atoms with Gasteiger partial charge in [-0.25, -0.2) is 4.79 Å². The van der Waals surface area contributed by atoms with Crippen molar-refractivity contribution >= 4 is 6.03 Å². The Morgan fingerprint density at radius 2 is 2.10 bits per heavy atom. The SMILES string of the molecule is C=C(C)CCCCNC(=O)NCc1cccc(OC)c1. The minimum atomic E-state index is -0.136. The molecule has 0 radical (unpaired) electrons. The third-order valence-electron chi connectivity index (χ3n) is 2.90. The van der Waals surface area contributed by atoms with Crippen LogP contribution in [-0.2, 0) is 6.54 Å². The Kier molecular flexibility index (Phi) is 7.25. The number of nitrogens with one attached hydrogen (secondary N) is 2. The molecule has 0 spiro atoms. The summed E-state index contributed by atoms with van der Waals surface area (Å²) in [7, 11) is 1.63. The molecule has 4 heteroatoms. The molecular weight excluding hydrogens is 252 g/mol. The minimum absolute atomic E-state index is 0.136. The van der Waals surface area contributed by atoms with E-state index in [1.54, 1.807) is 7.11 Å². The Labute approximate surface area is 121 Å². The zero-order valence-electron chi connectivity index (χ0n) is 12.4. The fraction of sp³-hybridized carbons (Fsp3) is 0.438. The lowest BCUT2D eigenvalue weighted by Crippen LogP contribution is -2.35. The molecule has 0 aliphatic heterocycles. The highest BCUT2D eigenvalue weighted by atomic mass is 16.5. The molecule has 0 fully saturated rings. The molecule has 0 aromatic heterocycles. The number of carbonyl (C=O) groups is 1. The first-order valence-electron chi connectivity index (χ1n) is 6.91. The standard InChI is InChI=1S/C16H24N2O2/c1-13(2)7-4-5-10-17-16(19)18-12-14-8-6-9-15(11-14)20-3/h6,8-9,11H,1,4-5,7,10,12H2,2-3H3,(H2,17,18,19). The van der Waals surface area contributed by atoms with E-state index in [0.717, 1.165) is 30.6 Å². The molecule has 4 nitrogen and oxygen atoms in total. The summed E-state index contributed by atoms with van der Waals surface area (Å²) < 4.78 is 5.14. The van der Waals surface area contributed by atoms with E-state index in [-0.39, 0.29) is 6.03 Å². The number of amides is 2. The maximum absolute atomic E-state index is 11.6.